The summed E-state index contributed by atoms with van der Waals surface area (Å²) in [7, 11) is 0. The van der Waals surface area contributed by atoms with Crippen molar-refractivity contribution in [1.82, 2.24) is 5.32 Å². The molecule has 0 spiro atoms. The van der Waals surface area contributed by atoms with E-state index in [0.717, 1.165) is 6.08 Å². The molecule has 15 heteroatoms. The van der Waals surface area contributed by atoms with E-state index in [0.29, 0.717) is 0 Å². The van der Waals surface area contributed by atoms with Crippen molar-refractivity contribution < 1.29 is 64.3 Å². The Morgan fingerprint density at radius 3 is 2.50 bits per heavy atom. The number of hydrogen-bond donors (Lipinski definition) is 4. The van der Waals surface area contributed by atoms with Crippen molar-refractivity contribution in [3.8, 4) is 0 Å². The van der Waals surface area contributed by atoms with Crippen LogP contribution in [-0.4, -0.2) is 70.7 Å². The van der Waals surface area contributed by atoms with Crippen LogP contribution in [0.1, 0.15) is 0 Å². The third kappa shape index (κ3) is 6.71. The molecule has 0 aromatic carbocycles. The summed E-state index contributed by atoms with van der Waals surface area (Å²) in [6.45, 7) is -1.20. The molecule has 1 heterocycles. The number of rotatable bonds is 8. The van der Waals surface area contributed by atoms with E-state index in [4.69, 9.17) is 15.8 Å². The third-order valence-corrected chi connectivity index (χ3v) is 3.18. The topological polar surface area (TPSA) is 237 Å². The summed E-state index contributed by atoms with van der Waals surface area (Å²) in [6.07, 6.45) is -6.02. The van der Waals surface area contributed by atoms with Crippen LogP contribution in [0.5, 0.6) is 0 Å². The molecule has 1 amide bonds. The molecule has 0 radical (unpaired) electrons. The second-order valence-corrected chi connectivity index (χ2v) is 4.85. The van der Waals surface area contributed by atoms with Crippen LogP contribution >= 0.6 is 0 Å². The number of carbonyl (C=O) groups excluding carboxylic acids is 2. The quantitative estimate of drug-likeness (QED) is 0.138. The Morgan fingerprint density at radius 1 is 1.35 bits per heavy atom. The van der Waals surface area contributed by atoms with Crippen molar-refractivity contribution >= 4 is 11.9 Å². The average molecular weight is 379 g/mol. The van der Waals surface area contributed by atoms with Gasteiger partial charge in [-0.1, -0.05) is 10.2 Å². The molecule has 0 aliphatic carbocycles. The molecule has 0 aromatic heterocycles. The standard InChI is InChI=1S/C11H15N7O7.Na/c12-17-14-2-5(20)9(22)10-8(16-7(21)3-15-18-13)4(19)1-6(25-10)11(23)24;/h1,4-5,8-10,19-20,22H,2-3H2,(H,16,21)(H,23,24);/q;+1/p-1/t4-,5+,8+,9-,10+;/m0./s1. The van der Waals surface area contributed by atoms with Crippen molar-refractivity contribution in [3.63, 3.8) is 0 Å². The minimum Gasteiger partial charge on any atom is -0.542 e. The van der Waals surface area contributed by atoms with Crippen LogP contribution in [0.3, 0.4) is 0 Å². The van der Waals surface area contributed by atoms with Crippen molar-refractivity contribution in [2.75, 3.05) is 13.1 Å². The summed E-state index contributed by atoms with van der Waals surface area (Å²) in [5.74, 6) is -3.45. The summed E-state index contributed by atoms with van der Waals surface area (Å²) in [5.41, 5.74) is 16.4. The molecule has 14 nitrogen and oxygen atoms in total. The molecule has 0 unspecified atom stereocenters. The van der Waals surface area contributed by atoms with Crippen LogP contribution in [0.15, 0.2) is 22.1 Å². The number of aliphatic hydroxyl groups excluding tert-OH is 3. The first-order chi connectivity index (χ1) is 11.8. The maximum Gasteiger partial charge on any atom is 1.00 e. The van der Waals surface area contributed by atoms with Crippen LogP contribution in [0.2, 0.25) is 0 Å². The average Bonchev–Trinajstić information content (AvgIpc) is 2.58. The van der Waals surface area contributed by atoms with Gasteiger partial charge in [0, 0.05) is 9.82 Å². The van der Waals surface area contributed by atoms with Crippen molar-refractivity contribution in [2.24, 2.45) is 10.2 Å². The Hall–Kier alpha value is -2.02. The summed E-state index contributed by atoms with van der Waals surface area (Å²) in [5, 5.41) is 49.0. The van der Waals surface area contributed by atoms with Gasteiger partial charge >= 0.3 is 29.6 Å². The third-order valence-electron chi connectivity index (χ3n) is 3.18. The second kappa shape index (κ2) is 11.6. The maximum atomic E-state index is 11.6. The van der Waals surface area contributed by atoms with Crippen molar-refractivity contribution in [1.29, 1.82) is 0 Å². The summed E-state index contributed by atoms with van der Waals surface area (Å²) >= 11 is 0. The zero-order valence-electron chi connectivity index (χ0n) is 13.5. The van der Waals surface area contributed by atoms with Gasteiger partial charge in [-0.2, -0.15) is 0 Å². The number of azide groups is 2. The van der Waals surface area contributed by atoms with Gasteiger partial charge in [0.15, 0.2) is 0 Å². The van der Waals surface area contributed by atoms with Crippen LogP contribution in [0, 0.1) is 0 Å². The molecule has 0 saturated heterocycles. The number of aliphatic carboxylic acids is 1. The second-order valence-electron chi connectivity index (χ2n) is 4.85. The summed E-state index contributed by atoms with van der Waals surface area (Å²) in [4.78, 5) is 27.3. The molecule has 1 aliphatic rings. The molecule has 0 fully saturated rings. The number of ether oxygens (including phenoxy) is 1. The minimum absolute atomic E-state index is 0. The van der Waals surface area contributed by atoms with Gasteiger partial charge in [0.1, 0.15) is 30.5 Å². The monoisotopic (exact) mass is 379 g/mol. The van der Waals surface area contributed by atoms with E-state index in [1.807, 2.05) is 0 Å². The van der Waals surface area contributed by atoms with Crippen molar-refractivity contribution in [3.05, 3.63) is 32.7 Å². The molecule has 1 aliphatic heterocycles. The number of aliphatic hydroxyl groups is 3. The van der Waals surface area contributed by atoms with E-state index in [2.05, 4.69) is 25.4 Å². The molecule has 26 heavy (non-hydrogen) atoms. The Kier molecular flexibility index (Phi) is 10.7. The van der Waals surface area contributed by atoms with Crippen LogP contribution in [0.4, 0.5) is 0 Å². The number of carboxylic acids is 1. The number of nitrogens with zero attached hydrogens (tertiary/aromatic N) is 6. The minimum atomic E-state index is -1.84. The van der Waals surface area contributed by atoms with Gasteiger partial charge in [0.2, 0.25) is 5.91 Å². The predicted molar refractivity (Wildman–Crippen MR) is 75.9 cm³/mol. The van der Waals surface area contributed by atoms with Crippen molar-refractivity contribution in [2.45, 2.75) is 30.5 Å². The molecule has 4 N–H and O–H groups in total. The van der Waals surface area contributed by atoms with Crippen LogP contribution < -0.4 is 40.0 Å². The van der Waals surface area contributed by atoms with Gasteiger partial charge in [-0.3, -0.25) is 4.79 Å². The SMILES string of the molecule is [N-]=[N+]=NCC(=O)N[C@H]1[C@H]([C@@H](O)[C@H](O)CN=[N+]=[N-])OC(C(=O)[O-])=C[C@@H]1O.[Na+]. The normalized spacial score (nSPS) is 23.5. The first-order valence-electron chi connectivity index (χ1n) is 6.77. The molecule has 0 bridgehead atoms. The molecule has 0 saturated carbocycles. The molecule has 5 atom stereocenters. The van der Waals surface area contributed by atoms with E-state index >= 15 is 0 Å². The Bertz CT molecular complexity index is 647. The zero-order chi connectivity index (χ0) is 19.0. The predicted octanol–water partition coefficient (Wildman–Crippen LogP) is -5.79. The Labute approximate surface area is 168 Å². The maximum absolute atomic E-state index is 11.6. The molecule has 1 rings (SSSR count). The smallest absolute Gasteiger partial charge is 0.542 e. The van der Waals surface area contributed by atoms with Gasteiger partial charge in [0.25, 0.3) is 0 Å². The van der Waals surface area contributed by atoms with Gasteiger partial charge in [-0.25, -0.2) is 0 Å². The number of carbonyl (C=O) groups is 2. The summed E-state index contributed by atoms with van der Waals surface area (Å²) in [6, 6.07) is -1.39. The fourth-order valence-corrected chi connectivity index (χ4v) is 2.05. The van der Waals surface area contributed by atoms with Crippen LogP contribution in [0.25, 0.3) is 20.9 Å². The molecule has 0 aromatic rings. The molecular formula is C11H14N7NaO7. The fraction of sp³-hybridized carbons (Fsp3) is 0.636. The zero-order valence-corrected chi connectivity index (χ0v) is 15.5. The van der Waals surface area contributed by atoms with E-state index < -0.39 is 61.2 Å². The van der Waals surface area contributed by atoms with Gasteiger partial charge in [0.05, 0.1) is 24.8 Å². The molecular weight excluding hydrogens is 365 g/mol. The number of amides is 1. The van der Waals surface area contributed by atoms with E-state index in [9.17, 15) is 30.0 Å². The fourth-order valence-electron chi connectivity index (χ4n) is 2.05. The Morgan fingerprint density at radius 2 is 1.96 bits per heavy atom. The number of nitrogens with one attached hydrogen (secondary N) is 1. The largest absolute Gasteiger partial charge is 1.00 e. The number of carboxylic acid groups (broad SMARTS) is 1. The number of hydrogen-bond acceptors (Lipinski definition) is 9. The van der Waals surface area contributed by atoms with Crippen LogP contribution in [-0.2, 0) is 14.3 Å². The summed E-state index contributed by atoms with van der Waals surface area (Å²) < 4.78 is 4.98. The van der Waals surface area contributed by atoms with E-state index in [1.54, 1.807) is 0 Å². The van der Waals surface area contributed by atoms with E-state index in [1.165, 1.54) is 0 Å². The molecule has 136 valence electrons. The van der Waals surface area contributed by atoms with E-state index in [-0.39, 0.29) is 29.6 Å². The first kappa shape index (κ1) is 24.0. The van der Waals surface area contributed by atoms with Gasteiger partial charge < -0.3 is 35.3 Å². The van der Waals surface area contributed by atoms with Gasteiger partial charge in [-0.15, -0.1) is 0 Å². The Balaban J connectivity index is 0.00000625. The first-order valence-corrected chi connectivity index (χ1v) is 6.77. The van der Waals surface area contributed by atoms with Gasteiger partial charge in [-0.05, 0) is 17.1 Å².